The molecule has 3 rings (SSSR count). The van der Waals surface area contributed by atoms with Crippen molar-refractivity contribution in [2.45, 2.75) is 70.5 Å². The summed E-state index contributed by atoms with van der Waals surface area (Å²) in [6.07, 6.45) is 3.83. The van der Waals surface area contributed by atoms with Crippen LogP contribution in [0.3, 0.4) is 0 Å². The number of aliphatic hydroxyl groups excluding tert-OH is 1. The molecular formula is C19H26N2O2S. The highest BCUT2D eigenvalue weighted by atomic mass is 32.1. The van der Waals surface area contributed by atoms with Gasteiger partial charge in [0, 0.05) is 21.9 Å². The Kier molecular flexibility index (Phi) is 4.10. The molecule has 0 radical (unpaired) electrons. The second-order valence-electron chi connectivity index (χ2n) is 8.25. The first-order valence-corrected chi connectivity index (χ1v) is 9.20. The lowest BCUT2D eigenvalue weighted by atomic mass is 9.69. The van der Waals surface area contributed by atoms with Crippen molar-refractivity contribution >= 4 is 11.3 Å². The average molecular weight is 346 g/mol. The lowest BCUT2D eigenvalue weighted by Gasteiger charge is -2.37. The van der Waals surface area contributed by atoms with Crippen molar-refractivity contribution in [3.63, 3.8) is 0 Å². The zero-order chi connectivity index (χ0) is 17.8. The molecule has 130 valence electrons. The summed E-state index contributed by atoms with van der Waals surface area (Å²) in [5, 5.41) is 21.0. The van der Waals surface area contributed by atoms with Gasteiger partial charge in [0.1, 0.15) is 5.01 Å². The Balaban J connectivity index is 2.07. The third kappa shape index (κ3) is 2.79. The molecule has 1 aliphatic carbocycles. The van der Waals surface area contributed by atoms with Gasteiger partial charge in [-0.25, -0.2) is 4.98 Å². The highest BCUT2D eigenvalue weighted by Gasteiger charge is 2.43. The van der Waals surface area contributed by atoms with Gasteiger partial charge >= 0.3 is 0 Å². The molecule has 4 nitrogen and oxygen atoms in total. The van der Waals surface area contributed by atoms with Crippen molar-refractivity contribution in [3.8, 4) is 0 Å². The number of pyridine rings is 1. The van der Waals surface area contributed by atoms with Crippen molar-refractivity contribution < 1.29 is 10.2 Å². The van der Waals surface area contributed by atoms with Crippen LogP contribution in [-0.2, 0) is 23.0 Å². The monoisotopic (exact) mass is 346 g/mol. The van der Waals surface area contributed by atoms with Gasteiger partial charge in [0.25, 0.3) is 0 Å². The second kappa shape index (κ2) is 5.61. The van der Waals surface area contributed by atoms with Crippen LogP contribution in [0.5, 0.6) is 0 Å². The molecule has 24 heavy (non-hydrogen) atoms. The number of nitrogens with zero attached hydrogens (tertiary/aromatic N) is 2. The summed E-state index contributed by atoms with van der Waals surface area (Å²) in [5.41, 5.74) is 1.29. The molecule has 1 atom stereocenters. The van der Waals surface area contributed by atoms with Crippen molar-refractivity contribution in [1.29, 1.82) is 0 Å². The zero-order valence-corrected chi connectivity index (χ0v) is 15.9. The predicted molar refractivity (Wildman–Crippen MR) is 96.2 cm³/mol. The number of hydrogen-bond acceptors (Lipinski definition) is 5. The Labute approximate surface area is 147 Å². The smallest absolute Gasteiger partial charge is 0.155 e. The summed E-state index contributed by atoms with van der Waals surface area (Å²) < 4.78 is 0. The van der Waals surface area contributed by atoms with Crippen LogP contribution >= 0.6 is 11.3 Å². The fraction of sp³-hybridized carbons (Fsp3) is 0.579. The molecule has 0 amide bonds. The van der Waals surface area contributed by atoms with Gasteiger partial charge in [-0.05, 0) is 31.4 Å². The van der Waals surface area contributed by atoms with E-state index in [1.165, 1.54) is 4.88 Å². The Bertz CT molecular complexity index is 712. The van der Waals surface area contributed by atoms with E-state index in [0.29, 0.717) is 10.7 Å². The maximum atomic E-state index is 11.1. The van der Waals surface area contributed by atoms with Crippen LogP contribution in [0, 0.1) is 0 Å². The first kappa shape index (κ1) is 17.5. The number of rotatable bonds is 3. The number of thiazole rings is 1. The van der Waals surface area contributed by atoms with E-state index in [1.54, 1.807) is 36.6 Å². The Hall–Kier alpha value is -1.30. The lowest BCUT2D eigenvalue weighted by molar-refractivity contribution is 0.0965. The Morgan fingerprint density at radius 3 is 2.38 bits per heavy atom. The second-order valence-corrected chi connectivity index (χ2v) is 9.25. The molecule has 2 aromatic rings. The maximum absolute atomic E-state index is 11.1. The van der Waals surface area contributed by atoms with E-state index in [4.69, 9.17) is 10.1 Å². The minimum atomic E-state index is -1.23. The molecule has 0 saturated heterocycles. The van der Waals surface area contributed by atoms with Crippen LogP contribution < -0.4 is 0 Å². The molecule has 5 heteroatoms. The molecule has 1 unspecified atom stereocenters. The summed E-state index contributed by atoms with van der Waals surface area (Å²) in [7, 11) is 0. The molecule has 0 spiro atoms. The maximum Gasteiger partial charge on any atom is 0.155 e. The molecule has 0 fully saturated rings. The summed E-state index contributed by atoms with van der Waals surface area (Å²) in [6.45, 7) is 10.7. The quantitative estimate of drug-likeness (QED) is 0.890. The van der Waals surface area contributed by atoms with Gasteiger partial charge in [0.2, 0.25) is 0 Å². The fourth-order valence-corrected chi connectivity index (χ4v) is 4.65. The van der Waals surface area contributed by atoms with E-state index in [-0.39, 0.29) is 17.4 Å². The molecule has 2 aromatic heterocycles. The summed E-state index contributed by atoms with van der Waals surface area (Å²) in [4.78, 5) is 10.5. The minimum Gasteiger partial charge on any atom is -0.392 e. The molecule has 2 N–H and O–H groups in total. The van der Waals surface area contributed by atoms with Crippen molar-refractivity contribution in [2.75, 3.05) is 0 Å². The van der Waals surface area contributed by atoms with Gasteiger partial charge in [-0.1, -0.05) is 33.8 Å². The number of aromatic nitrogens is 2. The van der Waals surface area contributed by atoms with E-state index < -0.39 is 5.60 Å². The van der Waals surface area contributed by atoms with E-state index in [1.807, 2.05) is 0 Å². The van der Waals surface area contributed by atoms with Crippen LogP contribution in [-0.4, -0.2) is 20.2 Å². The molecule has 0 saturated carbocycles. The minimum absolute atomic E-state index is 0.0316. The van der Waals surface area contributed by atoms with Crippen LogP contribution in [0.25, 0.3) is 0 Å². The van der Waals surface area contributed by atoms with E-state index in [9.17, 15) is 5.11 Å². The van der Waals surface area contributed by atoms with E-state index in [2.05, 4.69) is 32.7 Å². The summed E-state index contributed by atoms with van der Waals surface area (Å²) in [6, 6.07) is 3.56. The summed E-state index contributed by atoms with van der Waals surface area (Å²) in [5.74, 6) is 0. The topological polar surface area (TPSA) is 66.2 Å². The Morgan fingerprint density at radius 1 is 1.17 bits per heavy atom. The molecular weight excluding hydrogens is 320 g/mol. The third-order valence-corrected chi connectivity index (χ3v) is 6.81. The van der Waals surface area contributed by atoms with Crippen molar-refractivity contribution in [1.82, 2.24) is 9.97 Å². The Morgan fingerprint density at radius 2 is 1.83 bits per heavy atom. The van der Waals surface area contributed by atoms with E-state index >= 15 is 0 Å². The van der Waals surface area contributed by atoms with Gasteiger partial charge in [0.05, 0.1) is 18.0 Å². The normalized spacial score (nSPS) is 21.1. The first-order chi connectivity index (χ1) is 11.1. The number of hydrogen-bond donors (Lipinski definition) is 2. The third-order valence-electron chi connectivity index (χ3n) is 5.18. The molecule has 0 bridgehead atoms. The standard InChI is InChI=1S/C19H26N2O2S/c1-17(2)8-9-18(3,4)15-14(17)21-16(24-15)19(5,23)13-7-6-12(11-22)10-20-13/h6-7,10,22-23H,8-9,11H2,1-5H3. The van der Waals surface area contributed by atoms with Crippen LogP contribution in [0.4, 0.5) is 0 Å². The number of aliphatic hydroxyl groups is 2. The van der Waals surface area contributed by atoms with Crippen molar-refractivity contribution in [3.05, 3.63) is 45.2 Å². The van der Waals surface area contributed by atoms with Crippen LogP contribution in [0.2, 0.25) is 0 Å². The van der Waals surface area contributed by atoms with Crippen LogP contribution in [0.15, 0.2) is 18.3 Å². The highest BCUT2D eigenvalue weighted by molar-refractivity contribution is 7.12. The van der Waals surface area contributed by atoms with Crippen molar-refractivity contribution in [2.24, 2.45) is 0 Å². The first-order valence-electron chi connectivity index (χ1n) is 8.39. The predicted octanol–water partition coefficient (Wildman–Crippen LogP) is 3.64. The SMILES string of the molecule is CC1(C)CCC(C)(C)c2sc(C(C)(O)c3ccc(CO)cn3)nc21. The van der Waals surface area contributed by atoms with Gasteiger partial charge < -0.3 is 10.2 Å². The summed E-state index contributed by atoms with van der Waals surface area (Å²) >= 11 is 1.61. The lowest BCUT2D eigenvalue weighted by Crippen LogP contribution is -2.33. The van der Waals surface area contributed by atoms with Gasteiger partial charge in [0.15, 0.2) is 5.60 Å². The van der Waals surface area contributed by atoms with E-state index in [0.717, 1.165) is 24.1 Å². The number of fused-ring (bicyclic) bond motifs is 1. The average Bonchev–Trinajstić information content (AvgIpc) is 3.01. The van der Waals surface area contributed by atoms with Gasteiger partial charge in [-0.2, -0.15) is 0 Å². The van der Waals surface area contributed by atoms with Crippen LogP contribution in [0.1, 0.15) is 74.3 Å². The van der Waals surface area contributed by atoms with Gasteiger partial charge in [-0.3, -0.25) is 4.98 Å². The van der Waals surface area contributed by atoms with Gasteiger partial charge in [-0.15, -0.1) is 11.3 Å². The zero-order valence-electron chi connectivity index (χ0n) is 15.1. The molecule has 2 heterocycles. The molecule has 0 aromatic carbocycles. The highest BCUT2D eigenvalue weighted by Crippen LogP contribution is 2.49. The molecule has 0 aliphatic heterocycles. The largest absolute Gasteiger partial charge is 0.392 e. The molecule has 1 aliphatic rings. The fourth-order valence-electron chi connectivity index (χ4n) is 3.22.